The molecule has 1 aliphatic heterocycles. The zero-order chi connectivity index (χ0) is 15.1. The number of amides is 2. The van der Waals surface area contributed by atoms with Crippen LogP contribution in [-0.4, -0.2) is 36.3 Å². The Balaban J connectivity index is 0.00000242. The molecule has 1 heterocycles. The lowest BCUT2D eigenvalue weighted by atomic mass is 10.2. The molecule has 0 unspecified atom stereocenters. The van der Waals surface area contributed by atoms with E-state index in [0.717, 1.165) is 25.9 Å². The molecular formula is C16H24ClN3O2. The molecule has 1 fully saturated rings. The number of nitrogens with one attached hydrogen (secondary N) is 1. The lowest BCUT2D eigenvalue weighted by molar-refractivity contribution is -0.131. The van der Waals surface area contributed by atoms with Gasteiger partial charge < -0.3 is 16.0 Å². The number of hydrogen-bond donors (Lipinski definition) is 2. The minimum absolute atomic E-state index is 0. The molecule has 0 spiro atoms. The minimum Gasteiger partial charge on any atom is -0.399 e. The van der Waals surface area contributed by atoms with Gasteiger partial charge in [0.25, 0.3) is 5.91 Å². The second kappa shape index (κ2) is 9.30. The summed E-state index contributed by atoms with van der Waals surface area (Å²) in [7, 11) is 0. The van der Waals surface area contributed by atoms with Crippen molar-refractivity contribution in [2.75, 3.05) is 25.4 Å². The van der Waals surface area contributed by atoms with Crippen molar-refractivity contribution in [3.8, 4) is 0 Å². The maximum absolute atomic E-state index is 12.1. The molecule has 0 atom stereocenters. The highest BCUT2D eigenvalue weighted by Gasteiger charge is 2.15. The summed E-state index contributed by atoms with van der Waals surface area (Å²) in [6, 6.07) is 6.82. The summed E-state index contributed by atoms with van der Waals surface area (Å²) in [4.78, 5) is 25.9. The SMILES string of the molecule is Cl.Nc1cccc(C(=O)NCCC(=O)N2CCCCCC2)c1. The van der Waals surface area contributed by atoms with E-state index >= 15 is 0 Å². The molecule has 0 aromatic heterocycles. The third kappa shape index (κ3) is 5.56. The molecule has 0 aliphatic carbocycles. The van der Waals surface area contributed by atoms with Crippen molar-refractivity contribution < 1.29 is 9.59 Å². The monoisotopic (exact) mass is 325 g/mol. The Labute approximate surface area is 137 Å². The Bertz CT molecular complexity index is 500. The van der Waals surface area contributed by atoms with Crippen LogP contribution in [-0.2, 0) is 4.79 Å². The van der Waals surface area contributed by atoms with Crippen molar-refractivity contribution in [1.82, 2.24) is 10.2 Å². The lowest BCUT2D eigenvalue weighted by Crippen LogP contribution is -2.35. The van der Waals surface area contributed by atoms with Gasteiger partial charge in [-0.05, 0) is 31.0 Å². The normalized spacial score (nSPS) is 14.6. The average Bonchev–Trinajstić information content (AvgIpc) is 2.76. The van der Waals surface area contributed by atoms with Crippen LogP contribution in [0.5, 0.6) is 0 Å². The molecule has 5 nitrogen and oxygen atoms in total. The Hall–Kier alpha value is -1.75. The van der Waals surface area contributed by atoms with E-state index < -0.39 is 0 Å². The predicted molar refractivity (Wildman–Crippen MR) is 90.1 cm³/mol. The highest BCUT2D eigenvalue weighted by molar-refractivity contribution is 5.95. The van der Waals surface area contributed by atoms with Crippen LogP contribution in [0, 0.1) is 0 Å². The highest BCUT2D eigenvalue weighted by atomic mass is 35.5. The molecule has 1 aromatic carbocycles. The van der Waals surface area contributed by atoms with Crippen molar-refractivity contribution in [3.05, 3.63) is 29.8 Å². The number of anilines is 1. The summed E-state index contributed by atoms with van der Waals surface area (Å²) < 4.78 is 0. The number of rotatable bonds is 4. The average molecular weight is 326 g/mol. The Morgan fingerprint density at radius 1 is 1.14 bits per heavy atom. The van der Waals surface area contributed by atoms with Gasteiger partial charge in [0.15, 0.2) is 0 Å². The van der Waals surface area contributed by atoms with E-state index in [4.69, 9.17) is 5.73 Å². The quantitative estimate of drug-likeness (QED) is 0.833. The lowest BCUT2D eigenvalue weighted by Gasteiger charge is -2.20. The summed E-state index contributed by atoms with van der Waals surface area (Å²) in [5.74, 6) is -0.0595. The molecule has 1 aromatic rings. The number of likely N-dealkylation sites (tertiary alicyclic amines) is 1. The Morgan fingerprint density at radius 2 is 1.82 bits per heavy atom. The Kier molecular flexibility index (Phi) is 7.74. The largest absolute Gasteiger partial charge is 0.399 e. The number of hydrogen-bond acceptors (Lipinski definition) is 3. The molecular weight excluding hydrogens is 302 g/mol. The first-order valence-corrected chi connectivity index (χ1v) is 7.58. The van der Waals surface area contributed by atoms with Gasteiger partial charge in [-0.2, -0.15) is 0 Å². The van der Waals surface area contributed by atoms with Crippen molar-refractivity contribution in [3.63, 3.8) is 0 Å². The molecule has 3 N–H and O–H groups in total. The summed E-state index contributed by atoms with van der Waals surface area (Å²) in [6.45, 7) is 2.06. The zero-order valence-corrected chi connectivity index (χ0v) is 13.5. The first kappa shape index (κ1) is 18.3. The minimum atomic E-state index is -0.189. The second-order valence-electron chi connectivity index (χ2n) is 5.43. The van der Waals surface area contributed by atoms with Gasteiger partial charge in [0.1, 0.15) is 0 Å². The smallest absolute Gasteiger partial charge is 0.251 e. The Morgan fingerprint density at radius 3 is 2.45 bits per heavy atom. The third-order valence-electron chi connectivity index (χ3n) is 3.73. The maximum atomic E-state index is 12.1. The van der Waals surface area contributed by atoms with Crippen LogP contribution in [0.1, 0.15) is 42.5 Å². The predicted octanol–water partition coefficient (Wildman–Crippen LogP) is 2.21. The van der Waals surface area contributed by atoms with Gasteiger partial charge >= 0.3 is 0 Å². The van der Waals surface area contributed by atoms with Crippen molar-refractivity contribution in [2.45, 2.75) is 32.1 Å². The zero-order valence-electron chi connectivity index (χ0n) is 12.7. The number of nitrogens with two attached hydrogens (primary N) is 1. The van der Waals surface area contributed by atoms with Crippen LogP contribution < -0.4 is 11.1 Å². The van der Waals surface area contributed by atoms with Crippen LogP contribution >= 0.6 is 12.4 Å². The van der Waals surface area contributed by atoms with Crippen molar-refractivity contribution in [2.24, 2.45) is 0 Å². The molecule has 22 heavy (non-hydrogen) atoms. The number of nitrogen functional groups attached to an aromatic ring is 1. The van der Waals surface area contributed by atoms with Gasteiger partial charge in [-0.3, -0.25) is 9.59 Å². The van der Waals surface area contributed by atoms with E-state index in [9.17, 15) is 9.59 Å². The first-order valence-electron chi connectivity index (χ1n) is 7.58. The van der Waals surface area contributed by atoms with Gasteiger partial charge in [-0.1, -0.05) is 18.9 Å². The van der Waals surface area contributed by atoms with E-state index in [1.807, 2.05) is 4.90 Å². The van der Waals surface area contributed by atoms with Gasteiger partial charge in [0.2, 0.25) is 5.91 Å². The number of nitrogens with zero attached hydrogens (tertiary/aromatic N) is 1. The van der Waals surface area contributed by atoms with Crippen LogP contribution in [0.2, 0.25) is 0 Å². The summed E-state index contributed by atoms with van der Waals surface area (Å²) in [5, 5.41) is 2.77. The summed E-state index contributed by atoms with van der Waals surface area (Å²) in [6.07, 6.45) is 4.93. The van der Waals surface area contributed by atoms with Crippen LogP contribution in [0.3, 0.4) is 0 Å². The molecule has 0 saturated carbocycles. The van der Waals surface area contributed by atoms with E-state index in [0.29, 0.717) is 24.2 Å². The first-order chi connectivity index (χ1) is 10.2. The maximum Gasteiger partial charge on any atom is 0.251 e. The number of carbonyl (C=O) groups is 2. The second-order valence-corrected chi connectivity index (χ2v) is 5.43. The standard InChI is InChI=1S/C16H23N3O2.ClH/c17-14-7-5-6-13(12-14)16(21)18-9-8-15(20)19-10-3-1-2-4-11-19;/h5-7,12H,1-4,8-11,17H2,(H,18,21);1H. The highest BCUT2D eigenvalue weighted by Crippen LogP contribution is 2.10. The summed E-state index contributed by atoms with van der Waals surface area (Å²) in [5.41, 5.74) is 6.73. The van der Waals surface area contributed by atoms with Crippen molar-refractivity contribution in [1.29, 1.82) is 0 Å². The van der Waals surface area contributed by atoms with Gasteiger partial charge in [0, 0.05) is 37.3 Å². The van der Waals surface area contributed by atoms with Crippen LogP contribution in [0.25, 0.3) is 0 Å². The van der Waals surface area contributed by atoms with E-state index in [-0.39, 0.29) is 24.2 Å². The fourth-order valence-corrected chi connectivity index (χ4v) is 2.54. The van der Waals surface area contributed by atoms with E-state index in [1.54, 1.807) is 24.3 Å². The fraction of sp³-hybridized carbons (Fsp3) is 0.500. The molecule has 2 rings (SSSR count). The van der Waals surface area contributed by atoms with Crippen LogP contribution in [0.4, 0.5) is 5.69 Å². The number of carbonyl (C=O) groups excluding carboxylic acids is 2. The molecule has 2 amide bonds. The molecule has 1 saturated heterocycles. The number of benzene rings is 1. The molecule has 1 aliphatic rings. The summed E-state index contributed by atoms with van der Waals surface area (Å²) >= 11 is 0. The fourth-order valence-electron chi connectivity index (χ4n) is 2.54. The third-order valence-corrected chi connectivity index (χ3v) is 3.73. The molecule has 0 bridgehead atoms. The van der Waals surface area contributed by atoms with Gasteiger partial charge in [-0.15, -0.1) is 12.4 Å². The number of halogens is 1. The van der Waals surface area contributed by atoms with Crippen molar-refractivity contribution >= 4 is 29.9 Å². The van der Waals surface area contributed by atoms with Crippen LogP contribution in [0.15, 0.2) is 24.3 Å². The molecule has 0 radical (unpaired) electrons. The van der Waals surface area contributed by atoms with E-state index in [1.165, 1.54) is 12.8 Å². The van der Waals surface area contributed by atoms with Gasteiger partial charge in [-0.25, -0.2) is 0 Å². The van der Waals surface area contributed by atoms with Gasteiger partial charge in [0.05, 0.1) is 0 Å². The molecule has 6 heteroatoms. The van der Waals surface area contributed by atoms with E-state index in [2.05, 4.69) is 5.32 Å². The molecule has 122 valence electrons. The topological polar surface area (TPSA) is 75.4 Å².